The fourth-order valence-electron chi connectivity index (χ4n) is 2.74. The number of nitrogens with one attached hydrogen (secondary N) is 1. The van der Waals surface area contributed by atoms with E-state index in [-0.39, 0.29) is 11.3 Å². The molecule has 29 heavy (non-hydrogen) atoms. The lowest BCUT2D eigenvalue weighted by Gasteiger charge is -2.35. The van der Waals surface area contributed by atoms with Gasteiger partial charge in [0.2, 0.25) is 9.04 Å². The third-order valence-corrected chi connectivity index (χ3v) is 6.39. The standard InChI is InChI=1S/C21H30IN2O3SSi/c1-14-13-28-19(23-14)24-18(25)15-10-16(22)12-17(11-15)26-21(5,27-29(6)7)9-8-20(2,3)4/h10-13H,8-9H2,1-7H3,(H,23,24,25). The molecule has 0 aliphatic carbocycles. The van der Waals surface area contributed by atoms with Crippen LogP contribution in [0, 0.1) is 15.9 Å². The number of thiazole rings is 1. The number of nitrogens with zero attached hydrogens (tertiary/aromatic N) is 1. The first-order chi connectivity index (χ1) is 13.3. The molecule has 1 unspecified atom stereocenters. The lowest BCUT2D eigenvalue weighted by atomic mass is 9.88. The molecule has 1 aromatic heterocycles. The Hall–Kier alpha value is -0.973. The minimum atomic E-state index is -0.964. The molecule has 0 saturated heterocycles. The number of ether oxygens (including phenoxy) is 1. The second-order valence-electron chi connectivity index (χ2n) is 8.73. The van der Waals surface area contributed by atoms with Crippen LogP contribution in [-0.2, 0) is 4.43 Å². The quantitative estimate of drug-likeness (QED) is 0.234. The van der Waals surface area contributed by atoms with Crippen molar-refractivity contribution in [3.05, 3.63) is 38.4 Å². The first-order valence-corrected chi connectivity index (χ1v) is 13.9. The van der Waals surface area contributed by atoms with Gasteiger partial charge >= 0.3 is 0 Å². The van der Waals surface area contributed by atoms with Gasteiger partial charge in [0.05, 0.1) is 5.69 Å². The highest BCUT2D eigenvalue weighted by Gasteiger charge is 2.31. The third kappa shape index (κ3) is 8.35. The highest BCUT2D eigenvalue weighted by atomic mass is 127. The SMILES string of the molecule is Cc1csc(NC(=O)c2cc(I)cc(OC(C)(CCC(C)(C)C)O[Si](C)C)c2)n1. The Bertz CT molecular complexity index is 851. The summed E-state index contributed by atoms with van der Waals surface area (Å²) in [7, 11) is -0.964. The molecule has 0 bridgehead atoms. The summed E-state index contributed by atoms with van der Waals surface area (Å²) in [4.78, 5) is 17.0. The Labute approximate surface area is 193 Å². The number of aromatic nitrogens is 1. The van der Waals surface area contributed by atoms with Crippen molar-refractivity contribution < 1.29 is 14.0 Å². The van der Waals surface area contributed by atoms with Gasteiger partial charge in [0.15, 0.2) is 10.9 Å². The molecule has 1 N–H and O–H groups in total. The van der Waals surface area contributed by atoms with Gasteiger partial charge in [0.25, 0.3) is 5.91 Å². The molecule has 1 amide bonds. The van der Waals surface area contributed by atoms with Crippen LogP contribution >= 0.6 is 33.9 Å². The third-order valence-electron chi connectivity index (χ3n) is 4.06. The predicted molar refractivity (Wildman–Crippen MR) is 130 cm³/mol. The van der Waals surface area contributed by atoms with Crippen LogP contribution in [0.4, 0.5) is 5.13 Å². The number of carbonyl (C=O) groups is 1. The van der Waals surface area contributed by atoms with Gasteiger partial charge in [-0.05, 0) is 72.6 Å². The lowest BCUT2D eigenvalue weighted by Crippen LogP contribution is -2.40. The van der Waals surface area contributed by atoms with E-state index in [1.807, 2.05) is 31.4 Å². The summed E-state index contributed by atoms with van der Waals surface area (Å²) in [5.74, 6) is -0.289. The van der Waals surface area contributed by atoms with Gasteiger partial charge < -0.3 is 9.16 Å². The molecule has 8 heteroatoms. The number of aryl methyl sites for hydroxylation is 1. The predicted octanol–water partition coefficient (Wildman–Crippen LogP) is 6.50. The number of halogens is 1. The van der Waals surface area contributed by atoms with Crippen LogP contribution < -0.4 is 10.1 Å². The van der Waals surface area contributed by atoms with E-state index >= 15 is 0 Å². The fourth-order valence-corrected chi connectivity index (χ4v) is 5.07. The molecule has 1 atom stereocenters. The zero-order valence-electron chi connectivity index (χ0n) is 18.2. The largest absolute Gasteiger partial charge is 0.464 e. The summed E-state index contributed by atoms with van der Waals surface area (Å²) in [5, 5.41) is 5.36. The van der Waals surface area contributed by atoms with Crippen molar-refractivity contribution in [2.45, 2.75) is 66.3 Å². The zero-order chi connectivity index (χ0) is 21.8. The maximum atomic E-state index is 12.7. The smallest absolute Gasteiger partial charge is 0.257 e. The van der Waals surface area contributed by atoms with Gasteiger partial charge in [-0.1, -0.05) is 20.8 Å². The second-order valence-corrected chi connectivity index (χ2v) is 12.9. The topological polar surface area (TPSA) is 60.5 Å². The van der Waals surface area contributed by atoms with E-state index in [0.717, 1.165) is 22.1 Å². The van der Waals surface area contributed by atoms with E-state index in [9.17, 15) is 4.79 Å². The van der Waals surface area contributed by atoms with Crippen LogP contribution in [0.15, 0.2) is 23.6 Å². The fraction of sp³-hybridized carbons (Fsp3) is 0.524. The van der Waals surface area contributed by atoms with Gasteiger partial charge in [-0.3, -0.25) is 10.1 Å². The summed E-state index contributed by atoms with van der Waals surface area (Å²) in [6.45, 7) is 14.7. The number of carbonyl (C=O) groups excluding carboxylic acids is 1. The minimum Gasteiger partial charge on any atom is -0.464 e. The summed E-state index contributed by atoms with van der Waals surface area (Å²) in [5.41, 5.74) is 1.61. The van der Waals surface area contributed by atoms with Crippen LogP contribution in [0.1, 0.15) is 56.6 Å². The van der Waals surface area contributed by atoms with Gasteiger partial charge in [-0.2, -0.15) is 0 Å². The molecule has 0 aliphatic heterocycles. The normalized spacial score (nSPS) is 14.0. The Morgan fingerprint density at radius 3 is 2.45 bits per heavy atom. The van der Waals surface area contributed by atoms with Gasteiger partial charge in [-0.15, -0.1) is 11.3 Å². The first-order valence-electron chi connectivity index (χ1n) is 9.57. The summed E-state index contributed by atoms with van der Waals surface area (Å²) < 4.78 is 13.5. The first kappa shape index (κ1) is 24.3. The molecule has 1 heterocycles. The molecular weight excluding hydrogens is 515 g/mol. The molecule has 0 saturated carbocycles. The lowest BCUT2D eigenvalue weighted by molar-refractivity contribution is -0.111. The van der Waals surface area contributed by atoms with Crippen molar-refractivity contribution in [3.8, 4) is 5.75 Å². The van der Waals surface area contributed by atoms with E-state index in [4.69, 9.17) is 9.16 Å². The van der Waals surface area contributed by atoms with Gasteiger partial charge in [0, 0.05) is 27.9 Å². The van der Waals surface area contributed by atoms with Crippen LogP contribution in [0.25, 0.3) is 0 Å². The molecule has 159 valence electrons. The summed E-state index contributed by atoms with van der Waals surface area (Å²) >= 11 is 3.62. The molecule has 1 radical (unpaired) electrons. The Morgan fingerprint density at radius 2 is 1.90 bits per heavy atom. The average molecular weight is 546 g/mol. The van der Waals surface area contributed by atoms with Gasteiger partial charge in [-0.25, -0.2) is 4.98 Å². The molecule has 1 aromatic carbocycles. The van der Waals surface area contributed by atoms with Crippen molar-refractivity contribution in [3.63, 3.8) is 0 Å². The van der Waals surface area contributed by atoms with E-state index in [0.29, 0.717) is 16.4 Å². The molecule has 0 aliphatic rings. The van der Waals surface area contributed by atoms with Crippen LogP contribution in [0.5, 0.6) is 5.75 Å². The van der Waals surface area contributed by atoms with E-state index < -0.39 is 14.8 Å². The summed E-state index contributed by atoms with van der Waals surface area (Å²) in [6, 6.07) is 5.54. The second kappa shape index (κ2) is 9.89. The summed E-state index contributed by atoms with van der Waals surface area (Å²) in [6.07, 6.45) is 1.75. The highest BCUT2D eigenvalue weighted by molar-refractivity contribution is 14.1. The zero-order valence-corrected chi connectivity index (χ0v) is 22.2. The monoisotopic (exact) mass is 545 g/mol. The number of hydrogen-bond acceptors (Lipinski definition) is 5. The number of anilines is 1. The van der Waals surface area contributed by atoms with Crippen LogP contribution in [0.2, 0.25) is 13.1 Å². The number of hydrogen-bond donors (Lipinski definition) is 1. The Morgan fingerprint density at radius 1 is 1.21 bits per heavy atom. The molecular formula is C21H30IN2O3SSi. The number of rotatable bonds is 8. The Balaban J connectivity index is 2.22. The molecule has 5 nitrogen and oxygen atoms in total. The van der Waals surface area contributed by atoms with Crippen molar-refractivity contribution in [1.29, 1.82) is 0 Å². The number of benzene rings is 1. The highest BCUT2D eigenvalue weighted by Crippen LogP contribution is 2.32. The van der Waals surface area contributed by atoms with E-state index in [1.165, 1.54) is 11.3 Å². The van der Waals surface area contributed by atoms with Crippen LogP contribution in [0.3, 0.4) is 0 Å². The maximum absolute atomic E-state index is 12.7. The van der Waals surface area contributed by atoms with Crippen molar-refractivity contribution in [1.82, 2.24) is 4.98 Å². The van der Waals surface area contributed by atoms with Gasteiger partial charge in [0.1, 0.15) is 5.75 Å². The van der Waals surface area contributed by atoms with Crippen molar-refractivity contribution >= 4 is 54.0 Å². The van der Waals surface area contributed by atoms with E-state index in [2.05, 4.69) is 66.8 Å². The average Bonchev–Trinajstić information content (AvgIpc) is 2.96. The van der Waals surface area contributed by atoms with Crippen LogP contribution in [-0.4, -0.2) is 25.7 Å². The molecule has 2 rings (SSSR count). The minimum absolute atomic E-state index is 0.185. The van der Waals surface area contributed by atoms with E-state index in [1.54, 1.807) is 6.07 Å². The molecule has 0 fully saturated rings. The number of amides is 1. The Kier molecular flexibility index (Phi) is 8.29. The van der Waals surface area contributed by atoms with Crippen molar-refractivity contribution in [2.75, 3.05) is 5.32 Å². The molecule has 0 spiro atoms. The van der Waals surface area contributed by atoms with Crippen molar-refractivity contribution in [2.24, 2.45) is 5.41 Å². The molecule has 2 aromatic rings. The maximum Gasteiger partial charge on any atom is 0.257 e.